The molecule has 0 spiro atoms. The van der Waals surface area contributed by atoms with E-state index in [0.717, 1.165) is 116 Å². The summed E-state index contributed by atoms with van der Waals surface area (Å²) < 4.78 is 16.1. The minimum atomic E-state index is -0.449. The molecule has 8 aromatic rings. The predicted molar refractivity (Wildman–Crippen MR) is 260 cm³/mol. The fraction of sp³-hybridized carbons (Fsp3) is 0.191. The summed E-state index contributed by atoms with van der Waals surface area (Å²) in [6.07, 6.45) is 11.4. The Balaban J connectivity index is 0.964. The highest BCUT2D eigenvalue weighted by molar-refractivity contribution is 8.23. The average molecular weight is 942 g/mol. The predicted octanol–water partition coefficient (Wildman–Crippen LogP) is 10.4. The number of unbranched alkanes of at least 4 members (excludes halogenated alkanes) is 5. The van der Waals surface area contributed by atoms with E-state index >= 15 is 0 Å². The number of carbonyl (C=O) groups excluding carboxylic acids is 3. The van der Waals surface area contributed by atoms with Crippen LogP contribution >= 0.6 is 57.5 Å². The minimum Gasteiger partial charge on any atom is -0.446 e. The number of amides is 2. The van der Waals surface area contributed by atoms with Crippen molar-refractivity contribution in [2.24, 2.45) is 0 Å². The van der Waals surface area contributed by atoms with E-state index in [1.54, 1.807) is 23.6 Å². The number of hydrogen-bond acceptors (Lipinski definition) is 15. The van der Waals surface area contributed by atoms with Crippen molar-refractivity contribution in [1.29, 1.82) is 0 Å². The van der Waals surface area contributed by atoms with Gasteiger partial charge in [0.05, 0.1) is 21.1 Å². The molecule has 4 aromatic heterocycles. The summed E-state index contributed by atoms with van der Waals surface area (Å²) in [5.74, 6) is -0.446. The molecule has 2 amide bonds. The number of hydrogen-bond donors (Lipinski definition) is 0. The molecular weight excluding hydrogens is 903 g/mol. The van der Waals surface area contributed by atoms with Gasteiger partial charge in [0.1, 0.15) is 30.6 Å². The lowest BCUT2D eigenvalue weighted by atomic mass is 10.1. The molecule has 322 valence electrons. The van der Waals surface area contributed by atoms with Crippen LogP contribution in [-0.4, -0.2) is 52.3 Å². The second-order valence-corrected chi connectivity index (χ2v) is 19.3. The van der Waals surface area contributed by atoms with Crippen molar-refractivity contribution in [2.75, 3.05) is 11.4 Å². The van der Waals surface area contributed by atoms with Crippen molar-refractivity contribution in [2.45, 2.75) is 52.2 Å². The van der Waals surface area contributed by atoms with Crippen molar-refractivity contribution in [1.82, 2.24) is 28.2 Å². The summed E-state index contributed by atoms with van der Waals surface area (Å²) in [6, 6.07) is 33.1. The Morgan fingerprint density at radius 1 is 0.703 bits per heavy atom. The topological polar surface area (TPSA) is 140 Å². The zero-order chi connectivity index (χ0) is 44.0. The fourth-order valence-corrected chi connectivity index (χ4v) is 12.0. The third-order valence-corrected chi connectivity index (χ3v) is 15.4. The maximum atomic E-state index is 13.7. The zero-order valence-corrected chi connectivity index (χ0v) is 38.5. The number of fused-ring (bicyclic) bond motifs is 1. The first kappa shape index (κ1) is 43.2. The number of para-hydroxylation sites is 2. The number of thioether (sulfide) groups is 1. The van der Waals surface area contributed by atoms with E-state index in [1.165, 1.54) is 20.8 Å². The summed E-state index contributed by atoms with van der Waals surface area (Å²) in [6.45, 7) is 2.32. The highest BCUT2D eigenvalue weighted by Gasteiger charge is 2.36. The van der Waals surface area contributed by atoms with Crippen LogP contribution in [0.4, 0.5) is 21.9 Å². The Bertz CT molecular complexity index is 3100. The summed E-state index contributed by atoms with van der Waals surface area (Å²) in [5, 5.41) is 1.13. The lowest BCUT2D eigenvalue weighted by molar-refractivity contribution is -0.132. The Kier molecular flexibility index (Phi) is 13.3. The Morgan fingerprint density at radius 2 is 1.33 bits per heavy atom. The van der Waals surface area contributed by atoms with E-state index in [-0.39, 0.29) is 21.3 Å². The van der Waals surface area contributed by atoms with Gasteiger partial charge in [-0.1, -0.05) is 87.6 Å². The molecule has 0 radical (unpaired) electrons. The molecule has 0 N–H and O–H groups in total. The molecule has 64 heavy (non-hydrogen) atoms. The molecule has 0 atom stereocenters. The van der Waals surface area contributed by atoms with Gasteiger partial charge in [0, 0.05) is 52.0 Å². The number of benzene rings is 4. The second kappa shape index (κ2) is 19.7. The first-order valence-corrected chi connectivity index (χ1v) is 24.6. The summed E-state index contributed by atoms with van der Waals surface area (Å²) in [4.78, 5) is 66.3. The Morgan fingerprint density at radius 3 is 2.00 bits per heavy atom. The van der Waals surface area contributed by atoms with E-state index in [0.29, 0.717) is 32.9 Å². The third kappa shape index (κ3) is 8.99. The zero-order valence-electron chi connectivity index (χ0n) is 34.4. The molecule has 17 heteroatoms. The number of rotatable bonds is 17. The summed E-state index contributed by atoms with van der Waals surface area (Å²) in [7, 11) is 0. The first-order valence-electron chi connectivity index (χ1n) is 20.6. The van der Waals surface area contributed by atoms with Crippen LogP contribution < -0.4 is 19.7 Å². The van der Waals surface area contributed by atoms with Crippen molar-refractivity contribution in [3.63, 3.8) is 0 Å². The third-order valence-electron chi connectivity index (χ3n) is 10.6. The van der Waals surface area contributed by atoms with Crippen molar-refractivity contribution < 1.29 is 19.1 Å². The monoisotopic (exact) mass is 941 g/mol. The Hall–Kier alpha value is -6.11. The van der Waals surface area contributed by atoms with E-state index in [1.807, 2.05) is 54.7 Å². The van der Waals surface area contributed by atoms with Gasteiger partial charge in [0.2, 0.25) is 0 Å². The van der Waals surface area contributed by atoms with Crippen molar-refractivity contribution >= 4 is 114 Å². The van der Waals surface area contributed by atoms with Crippen LogP contribution in [-0.2, 0) is 21.1 Å². The lowest BCUT2D eigenvalue weighted by Crippen LogP contribution is -2.34. The molecule has 1 saturated heterocycles. The normalized spacial score (nSPS) is 14.0. The molecule has 1 aliphatic rings. The fourth-order valence-electron chi connectivity index (χ4n) is 7.41. The number of thiazole rings is 3. The van der Waals surface area contributed by atoms with E-state index in [9.17, 15) is 19.2 Å². The molecule has 1 aliphatic heterocycles. The molecule has 5 heterocycles. The van der Waals surface area contributed by atoms with Gasteiger partial charge in [-0.2, -0.15) is 8.75 Å². The quantitative estimate of drug-likeness (QED) is 0.0636. The molecule has 0 aliphatic carbocycles. The number of aromatic nitrogens is 5. The van der Waals surface area contributed by atoms with Crippen LogP contribution in [0.5, 0.6) is 0 Å². The number of carbonyl (C=O) groups is 3. The number of nitrogens with zero attached hydrogens (tertiary/aromatic N) is 7. The molecule has 0 unspecified atom stereocenters. The molecule has 12 nitrogen and oxygen atoms in total. The molecule has 0 saturated carbocycles. The number of ether oxygens (including phenoxy) is 1. The largest absolute Gasteiger partial charge is 0.446 e. The van der Waals surface area contributed by atoms with Crippen LogP contribution in [0.2, 0.25) is 0 Å². The van der Waals surface area contributed by atoms with E-state index in [4.69, 9.17) is 14.7 Å². The molecule has 0 bridgehead atoms. The molecule has 9 rings (SSSR count). The number of anilines is 3. The first-order chi connectivity index (χ1) is 31.4. The average Bonchev–Trinajstić information content (AvgIpc) is 4.19. The smallest absolute Gasteiger partial charge is 0.294 e. The minimum absolute atomic E-state index is 0.148. The summed E-state index contributed by atoms with van der Waals surface area (Å²) >= 11 is 5.96. The van der Waals surface area contributed by atoms with Gasteiger partial charge in [-0.05, 0) is 78.4 Å². The van der Waals surface area contributed by atoms with Gasteiger partial charge in [0.25, 0.3) is 23.2 Å². The number of imide groups is 1. The molecule has 1 fully saturated rings. The van der Waals surface area contributed by atoms with Crippen LogP contribution in [0.1, 0.15) is 50.3 Å². The van der Waals surface area contributed by atoms with Gasteiger partial charge in [-0.3, -0.25) is 28.6 Å². The summed E-state index contributed by atoms with van der Waals surface area (Å²) in [5.41, 5.74) is 6.87. The van der Waals surface area contributed by atoms with Crippen molar-refractivity contribution in [3.8, 4) is 31.6 Å². The Labute approximate surface area is 388 Å². The van der Waals surface area contributed by atoms with Gasteiger partial charge in [0.15, 0.2) is 6.73 Å². The van der Waals surface area contributed by atoms with Crippen LogP contribution in [0.25, 0.3) is 53.6 Å². The van der Waals surface area contributed by atoms with Gasteiger partial charge in [-0.25, -0.2) is 9.97 Å². The van der Waals surface area contributed by atoms with E-state index in [2.05, 4.69) is 69.1 Å². The van der Waals surface area contributed by atoms with Gasteiger partial charge < -0.3 is 9.64 Å². The van der Waals surface area contributed by atoms with Crippen molar-refractivity contribution in [3.05, 3.63) is 134 Å². The van der Waals surface area contributed by atoms with Crippen LogP contribution in [0, 0.1) is 0 Å². The second-order valence-electron chi connectivity index (χ2n) is 14.7. The van der Waals surface area contributed by atoms with Crippen LogP contribution in [0.15, 0.2) is 114 Å². The molecule has 4 aromatic carbocycles. The van der Waals surface area contributed by atoms with E-state index < -0.39 is 18.2 Å². The lowest BCUT2D eigenvalue weighted by Gasteiger charge is -2.25. The highest BCUT2D eigenvalue weighted by Crippen LogP contribution is 2.41. The molecular formula is C47H39N7O5S5. The van der Waals surface area contributed by atoms with Crippen LogP contribution in [0.3, 0.4) is 0 Å². The highest BCUT2D eigenvalue weighted by atomic mass is 32.2. The maximum absolute atomic E-state index is 13.7. The maximum Gasteiger partial charge on any atom is 0.294 e. The standard InChI is InChI=1S/C47H39N7O5S5/c1-2-3-4-5-6-13-24-52-45(57)41(63-47(52)58)46-53(28-59-29-55)44(56)37(62-46)25-34-26-48-42(60-34)35-22-23-36(40-39(35)50-64-51-40)43-49-27-38(61-43)30-18-20-33(21-19-30)54(31-14-9-7-10-15-31)32-16-11-8-12-17-32/h7-12,14-23,25-27,29H,2-6,13,24,28H2,1H3/b37-25+,46-41+. The SMILES string of the molecule is CCCCCCCCN1C(=O)S/C(=c2/s/c(=C/c3cnc(-c4ccc(-c5ncc(-c6ccc(N(c7ccccc7)c7ccccc7)cc6)s5)c5nsnc45)s3)c(=O)n2COC=O)C1=O. The van der Waals surface area contributed by atoms with Gasteiger partial charge in [-0.15, -0.1) is 34.0 Å². The van der Waals surface area contributed by atoms with Gasteiger partial charge >= 0.3 is 0 Å².